The van der Waals surface area contributed by atoms with E-state index in [4.69, 9.17) is 16.2 Å². The Morgan fingerprint density at radius 3 is 2.44 bits per heavy atom. The summed E-state index contributed by atoms with van der Waals surface area (Å²) in [5.74, 6) is -1.59. The van der Waals surface area contributed by atoms with Gasteiger partial charge in [-0.15, -0.1) is 0 Å². The summed E-state index contributed by atoms with van der Waals surface area (Å²) in [6.45, 7) is 4.66. The van der Waals surface area contributed by atoms with E-state index in [1.54, 1.807) is 36.5 Å². The van der Waals surface area contributed by atoms with E-state index in [0.29, 0.717) is 17.9 Å². The van der Waals surface area contributed by atoms with Crippen molar-refractivity contribution in [2.45, 2.75) is 25.8 Å². The summed E-state index contributed by atoms with van der Waals surface area (Å²) in [5, 5.41) is 3.67. The molecule has 0 fully saturated rings. The van der Waals surface area contributed by atoms with Crippen LogP contribution in [0.15, 0.2) is 60.8 Å². The molecule has 2 heterocycles. The third-order valence-electron chi connectivity index (χ3n) is 6.27. The Morgan fingerprint density at radius 2 is 1.79 bits per heavy atom. The molecule has 4 aromatic rings. The molecule has 0 spiro atoms. The summed E-state index contributed by atoms with van der Waals surface area (Å²) < 4.78 is 9.10. The molecule has 1 unspecified atom stereocenters. The number of nitrogens with two attached hydrogens (primary N) is 2. The van der Waals surface area contributed by atoms with E-state index in [-0.39, 0.29) is 28.7 Å². The molecule has 10 nitrogen and oxygen atoms in total. The Kier molecular flexibility index (Phi) is 8.52. The maximum absolute atomic E-state index is 14.2. The van der Waals surface area contributed by atoms with Crippen LogP contribution < -0.4 is 21.7 Å². The van der Waals surface area contributed by atoms with Gasteiger partial charge in [0.1, 0.15) is 10.9 Å². The molecule has 2 aromatic carbocycles. The predicted molar refractivity (Wildman–Crippen MR) is 152 cm³/mol. The lowest BCUT2D eigenvalue weighted by Gasteiger charge is -2.31. The SMILES string of the molecule is COCCNC(=O)C(c1ccc2ncccc2c1)N(C(=O)c1snc(C(N)=O)c1N)c1ccc(C(C)C)cc1. The number of primary amides is 1. The first-order chi connectivity index (χ1) is 18.7. The molecule has 11 heteroatoms. The van der Waals surface area contributed by atoms with Crippen molar-refractivity contribution in [3.05, 3.63) is 82.5 Å². The van der Waals surface area contributed by atoms with Crippen LogP contribution in [-0.4, -0.2) is 47.3 Å². The van der Waals surface area contributed by atoms with Gasteiger partial charge >= 0.3 is 0 Å². The minimum absolute atomic E-state index is 0.00823. The number of methoxy groups -OCH3 is 1. The van der Waals surface area contributed by atoms with E-state index >= 15 is 0 Å². The molecule has 4 rings (SSSR count). The lowest BCUT2D eigenvalue weighted by Crippen LogP contribution is -2.44. The summed E-state index contributed by atoms with van der Waals surface area (Å²) >= 11 is 0.763. The standard InChI is InChI=1S/C28H30N6O4S/c1-16(2)17-6-9-20(10-7-17)34(28(37)25-22(29)23(26(30)35)33-39-25)24(27(36)32-13-14-38-3)19-8-11-21-18(15-19)5-4-12-31-21/h4-12,15-16,24H,13-14,29H2,1-3H3,(H2,30,35)(H,32,36). The van der Waals surface area contributed by atoms with E-state index in [9.17, 15) is 14.4 Å². The second kappa shape index (κ2) is 12.0. The van der Waals surface area contributed by atoms with Crippen molar-refractivity contribution in [2.24, 2.45) is 5.73 Å². The van der Waals surface area contributed by atoms with Crippen LogP contribution in [0.3, 0.4) is 0 Å². The molecule has 0 bridgehead atoms. The molecule has 2 aromatic heterocycles. The summed E-state index contributed by atoms with van der Waals surface area (Å²) in [7, 11) is 1.54. The average Bonchev–Trinajstić information content (AvgIpc) is 3.32. The number of ether oxygens (including phenoxy) is 1. The van der Waals surface area contributed by atoms with Gasteiger partial charge in [-0.05, 0) is 58.9 Å². The minimum Gasteiger partial charge on any atom is -0.395 e. The van der Waals surface area contributed by atoms with Gasteiger partial charge in [-0.25, -0.2) is 0 Å². The molecule has 0 aliphatic heterocycles. The molecule has 202 valence electrons. The van der Waals surface area contributed by atoms with Crippen molar-refractivity contribution < 1.29 is 19.1 Å². The van der Waals surface area contributed by atoms with Crippen molar-refractivity contribution in [3.8, 4) is 0 Å². The highest BCUT2D eigenvalue weighted by Crippen LogP contribution is 2.34. The van der Waals surface area contributed by atoms with E-state index in [0.717, 1.165) is 28.0 Å². The van der Waals surface area contributed by atoms with Gasteiger partial charge in [-0.3, -0.25) is 24.3 Å². The second-order valence-corrected chi connectivity index (χ2v) is 9.97. The summed E-state index contributed by atoms with van der Waals surface area (Å²) in [4.78, 5) is 45.5. The fraction of sp³-hybridized carbons (Fsp3) is 0.250. The van der Waals surface area contributed by atoms with Gasteiger partial charge in [0.05, 0.1) is 17.8 Å². The van der Waals surface area contributed by atoms with Gasteiger partial charge in [-0.1, -0.05) is 38.1 Å². The van der Waals surface area contributed by atoms with Gasteiger partial charge in [0.25, 0.3) is 11.8 Å². The van der Waals surface area contributed by atoms with E-state index in [2.05, 4.69) is 28.5 Å². The molecule has 0 saturated carbocycles. The van der Waals surface area contributed by atoms with Gasteiger partial charge in [-0.2, -0.15) is 4.37 Å². The van der Waals surface area contributed by atoms with E-state index in [1.807, 2.05) is 24.3 Å². The lowest BCUT2D eigenvalue weighted by molar-refractivity contribution is -0.122. The Bertz CT molecular complexity index is 1500. The number of nitrogen functional groups attached to an aromatic ring is 1. The molecule has 0 radical (unpaired) electrons. The summed E-state index contributed by atoms with van der Waals surface area (Å²) in [5.41, 5.74) is 14.1. The smallest absolute Gasteiger partial charge is 0.273 e. The van der Waals surface area contributed by atoms with Gasteiger partial charge in [0.15, 0.2) is 5.69 Å². The average molecular weight is 547 g/mol. The number of nitrogens with one attached hydrogen (secondary N) is 1. The van der Waals surface area contributed by atoms with E-state index in [1.165, 1.54) is 12.0 Å². The van der Waals surface area contributed by atoms with Crippen molar-refractivity contribution in [3.63, 3.8) is 0 Å². The maximum Gasteiger partial charge on any atom is 0.273 e. The van der Waals surface area contributed by atoms with Crippen LogP contribution >= 0.6 is 11.5 Å². The van der Waals surface area contributed by atoms with Crippen molar-refractivity contribution >= 4 is 51.5 Å². The van der Waals surface area contributed by atoms with Crippen LogP contribution in [-0.2, 0) is 9.53 Å². The van der Waals surface area contributed by atoms with Crippen LogP contribution in [0.4, 0.5) is 11.4 Å². The fourth-order valence-electron chi connectivity index (χ4n) is 4.20. The summed E-state index contributed by atoms with van der Waals surface area (Å²) in [6, 6.07) is 15.4. The zero-order chi connectivity index (χ0) is 28.1. The second-order valence-electron chi connectivity index (χ2n) is 9.20. The number of carbonyl (C=O) groups is 3. The first-order valence-corrected chi connectivity index (χ1v) is 13.1. The van der Waals surface area contributed by atoms with Crippen LogP contribution in [0, 0.1) is 0 Å². The Morgan fingerprint density at radius 1 is 1.08 bits per heavy atom. The zero-order valence-electron chi connectivity index (χ0n) is 21.9. The zero-order valence-corrected chi connectivity index (χ0v) is 22.7. The highest BCUT2D eigenvalue weighted by Gasteiger charge is 2.36. The molecular formula is C28H30N6O4S. The Hall–Kier alpha value is -4.35. The van der Waals surface area contributed by atoms with Gasteiger partial charge < -0.3 is 21.5 Å². The third-order valence-corrected chi connectivity index (χ3v) is 7.12. The molecule has 0 saturated heterocycles. The number of pyridine rings is 1. The third kappa shape index (κ3) is 5.89. The number of carbonyl (C=O) groups excluding carboxylic acids is 3. The van der Waals surface area contributed by atoms with Crippen LogP contribution in [0.25, 0.3) is 10.9 Å². The highest BCUT2D eigenvalue weighted by atomic mass is 32.1. The number of hydrogen-bond acceptors (Lipinski definition) is 8. The molecule has 0 aliphatic rings. The predicted octanol–water partition coefficient (Wildman–Crippen LogP) is 3.65. The first-order valence-electron chi connectivity index (χ1n) is 12.3. The number of benzene rings is 2. The van der Waals surface area contributed by atoms with Gasteiger partial charge in [0, 0.05) is 30.9 Å². The van der Waals surface area contributed by atoms with Gasteiger partial charge in [0.2, 0.25) is 5.91 Å². The monoisotopic (exact) mass is 546 g/mol. The molecule has 3 amide bonds. The number of hydrogen-bond donors (Lipinski definition) is 3. The van der Waals surface area contributed by atoms with Crippen LogP contribution in [0.1, 0.15) is 57.1 Å². The Labute approximate surface area is 230 Å². The van der Waals surface area contributed by atoms with Crippen molar-refractivity contribution in [1.29, 1.82) is 0 Å². The van der Waals surface area contributed by atoms with Crippen molar-refractivity contribution in [1.82, 2.24) is 14.7 Å². The Balaban J connectivity index is 1.90. The highest BCUT2D eigenvalue weighted by molar-refractivity contribution is 7.09. The molecule has 1 atom stereocenters. The largest absolute Gasteiger partial charge is 0.395 e. The number of fused-ring (bicyclic) bond motifs is 1. The first kappa shape index (κ1) is 27.7. The lowest BCUT2D eigenvalue weighted by atomic mass is 9.99. The molecule has 5 N–H and O–H groups in total. The number of aromatic nitrogens is 2. The van der Waals surface area contributed by atoms with Crippen LogP contribution in [0.5, 0.6) is 0 Å². The molecular weight excluding hydrogens is 516 g/mol. The number of nitrogens with zero attached hydrogens (tertiary/aromatic N) is 3. The van der Waals surface area contributed by atoms with E-state index < -0.39 is 23.8 Å². The molecule has 39 heavy (non-hydrogen) atoms. The number of rotatable bonds is 10. The summed E-state index contributed by atoms with van der Waals surface area (Å²) in [6.07, 6.45) is 1.69. The number of amides is 3. The molecule has 0 aliphatic carbocycles. The fourth-order valence-corrected chi connectivity index (χ4v) is 4.94. The normalized spacial score (nSPS) is 11.9. The topological polar surface area (TPSA) is 154 Å². The van der Waals surface area contributed by atoms with Crippen LogP contribution in [0.2, 0.25) is 0 Å². The quantitative estimate of drug-likeness (QED) is 0.257. The maximum atomic E-state index is 14.2. The van der Waals surface area contributed by atoms with Crippen molar-refractivity contribution in [2.75, 3.05) is 30.9 Å². The minimum atomic E-state index is -1.10. The number of anilines is 2.